The molecular weight excluding hydrogens is 180 g/mol. The summed E-state index contributed by atoms with van der Waals surface area (Å²) in [5, 5.41) is 9.12. The highest BCUT2D eigenvalue weighted by molar-refractivity contribution is 6.18. The Hall–Kier alpha value is -0.870. The van der Waals surface area contributed by atoms with E-state index in [9.17, 15) is 4.79 Å². The molecular formula is C7H9ClN2O2. The topological polar surface area (TPSA) is 55.1 Å². The molecule has 1 aromatic heterocycles. The van der Waals surface area contributed by atoms with Crippen LogP contribution in [0.15, 0.2) is 23.4 Å². The maximum absolute atomic E-state index is 11.0. The first-order chi connectivity index (χ1) is 5.74. The Bertz CT molecular complexity index is 299. The summed E-state index contributed by atoms with van der Waals surface area (Å²) in [5.74, 6) is 0.112. The van der Waals surface area contributed by atoms with E-state index in [1.165, 1.54) is 23.2 Å². The average molecular weight is 189 g/mol. The van der Waals surface area contributed by atoms with Gasteiger partial charge in [-0.1, -0.05) is 0 Å². The van der Waals surface area contributed by atoms with E-state index in [0.29, 0.717) is 0 Å². The van der Waals surface area contributed by atoms with Crippen LogP contribution in [0.4, 0.5) is 0 Å². The van der Waals surface area contributed by atoms with E-state index in [0.717, 1.165) is 0 Å². The fraction of sp³-hybridized carbons (Fsp3) is 0.429. The third-order valence-electron chi connectivity index (χ3n) is 1.38. The zero-order valence-electron chi connectivity index (χ0n) is 6.35. The highest BCUT2D eigenvalue weighted by Gasteiger charge is 2.03. The first-order valence-corrected chi connectivity index (χ1v) is 4.02. The fourth-order valence-electron chi connectivity index (χ4n) is 0.791. The summed E-state index contributed by atoms with van der Waals surface area (Å²) in [6, 6.07) is 1.33. The first kappa shape index (κ1) is 9.22. The Labute approximate surface area is 74.4 Å². The number of alkyl halides is 1. The Morgan fingerprint density at radius 3 is 3.08 bits per heavy atom. The zero-order valence-corrected chi connectivity index (χ0v) is 7.11. The maximum atomic E-state index is 11.0. The van der Waals surface area contributed by atoms with Crippen molar-refractivity contribution in [2.75, 3.05) is 5.88 Å². The Morgan fingerprint density at radius 2 is 2.50 bits per heavy atom. The first-order valence-electron chi connectivity index (χ1n) is 3.48. The van der Waals surface area contributed by atoms with Gasteiger partial charge in [-0.15, -0.1) is 11.6 Å². The molecule has 66 valence electrons. The van der Waals surface area contributed by atoms with Crippen molar-refractivity contribution in [1.82, 2.24) is 9.55 Å². The second kappa shape index (κ2) is 4.23. The van der Waals surface area contributed by atoms with Crippen LogP contribution in [-0.4, -0.2) is 26.6 Å². The normalized spacial score (nSPS) is 12.8. The quantitative estimate of drug-likeness (QED) is 0.671. The van der Waals surface area contributed by atoms with Crippen LogP contribution in [0.25, 0.3) is 0 Å². The second-order valence-corrected chi connectivity index (χ2v) is 2.69. The Balaban J connectivity index is 2.76. The van der Waals surface area contributed by atoms with Crippen molar-refractivity contribution in [2.24, 2.45) is 0 Å². The number of hydrogen-bond acceptors (Lipinski definition) is 3. The van der Waals surface area contributed by atoms with E-state index < -0.39 is 6.10 Å². The van der Waals surface area contributed by atoms with Gasteiger partial charge in [0.2, 0.25) is 0 Å². The van der Waals surface area contributed by atoms with Crippen LogP contribution in [0.3, 0.4) is 0 Å². The predicted molar refractivity (Wildman–Crippen MR) is 45.2 cm³/mol. The molecule has 1 heterocycles. The molecule has 0 saturated carbocycles. The number of aliphatic hydroxyl groups excluding tert-OH is 1. The van der Waals surface area contributed by atoms with Crippen molar-refractivity contribution >= 4 is 11.6 Å². The lowest BCUT2D eigenvalue weighted by Gasteiger charge is -2.07. The fourth-order valence-corrected chi connectivity index (χ4v) is 0.889. The molecule has 1 aromatic rings. The molecule has 0 bridgehead atoms. The highest BCUT2D eigenvalue weighted by Crippen LogP contribution is 1.90. The maximum Gasteiger partial charge on any atom is 0.253 e. The summed E-state index contributed by atoms with van der Waals surface area (Å²) in [4.78, 5) is 14.8. The molecule has 0 aromatic carbocycles. The molecule has 0 radical (unpaired) electrons. The molecule has 5 heteroatoms. The van der Waals surface area contributed by atoms with Gasteiger partial charge in [0.1, 0.15) is 0 Å². The Kier molecular flexibility index (Phi) is 3.25. The lowest BCUT2D eigenvalue weighted by molar-refractivity contribution is 0.175. The zero-order chi connectivity index (χ0) is 8.97. The molecule has 0 aliphatic rings. The van der Waals surface area contributed by atoms with Crippen LogP contribution < -0.4 is 5.56 Å². The van der Waals surface area contributed by atoms with Crippen molar-refractivity contribution in [3.8, 4) is 0 Å². The van der Waals surface area contributed by atoms with Crippen molar-refractivity contribution in [3.05, 3.63) is 28.9 Å². The summed E-state index contributed by atoms with van der Waals surface area (Å²) in [6.45, 7) is 0.191. The van der Waals surface area contributed by atoms with E-state index in [1.54, 1.807) is 0 Å². The largest absolute Gasteiger partial charge is 0.390 e. The summed E-state index contributed by atoms with van der Waals surface area (Å²) in [5.41, 5.74) is -0.186. The number of halogens is 1. The van der Waals surface area contributed by atoms with Crippen LogP contribution in [0.2, 0.25) is 0 Å². The van der Waals surface area contributed by atoms with Gasteiger partial charge in [0.15, 0.2) is 0 Å². The van der Waals surface area contributed by atoms with Crippen molar-refractivity contribution in [1.29, 1.82) is 0 Å². The van der Waals surface area contributed by atoms with Crippen LogP contribution in [0.5, 0.6) is 0 Å². The smallest absolute Gasteiger partial charge is 0.253 e. The van der Waals surface area contributed by atoms with E-state index in [1.807, 2.05) is 0 Å². The van der Waals surface area contributed by atoms with Gasteiger partial charge in [0, 0.05) is 12.3 Å². The van der Waals surface area contributed by atoms with Crippen molar-refractivity contribution < 1.29 is 5.11 Å². The van der Waals surface area contributed by atoms with E-state index in [4.69, 9.17) is 16.7 Å². The predicted octanol–water partition coefficient (Wildman–Crippen LogP) is -0.157. The van der Waals surface area contributed by atoms with Gasteiger partial charge in [0.05, 0.1) is 24.9 Å². The molecule has 1 unspecified atom stereocenters. The van der Waals surface area contributed by atoms with E-state index in [2.05, 4.69) is 4.98 Å². The minimum absolute atomic E-state index is 0.112. The molecule has 12 heavy (non-hydrogen) atoms. The SMILES string of the molecule is O=c1ccncn1CC(O)CCl. The number of aliphatic hydroxyl groups is 1. The number of aromatic nitrogens is 2. The summed E-state index contributed by atoms with van der Waals surface area (Å²) >= 11 is 5.37. The molecule has 1 N–H and O–H groups in total. The molecule has 0 aliphatic heterocycles. The lowest BCUT2D eigenvalue weighted by atomic mass is 10.4. The molecule has 0 aliphatic carbocycles. The second-order valence-electron chi connectivity index (χ2n) is 2.38. The molecule has 0 fully saturated rings. The third kappa shape index (κ3) is 2.32. The molecule has 4 nitrogen and oxygen atoms in total. The van der Waals surface area contributed by atoms with E-state index >= 15 is 0 Å². The summed E-state index contributed by atoms with van der Waals surface area (Å²) in [6.07, 6.45) is 2.08. The summed E-state index contributed by atoms with van der Waals surface area (Å²) < 4.78 is 1.31. The van der Waals surface area contributed by atoms with Gasteiger partial charge < -0.3 is 5.11 Å². The van der Waals surface area contributed by atoms with Gasteiger partial charge in [-0.2, -0.15) is 0 Å². The van der Waals surface area contributed by atoms with Crippen LogP contribution in [-0.2, 0) is 6.54 Å². The van der Waals surface area contributed by atoms with Gasteiger partial charge in [-0.3, -0.25) is 9.36 Å². The van der Waals surface area contributed by atoms with Crippen LogP contribution in [0.1, 0.15) is 0 Å². The van der Waals surface area contributed by atoms with Gasteiger partial charge in [-0.05, 0) is 0 Å². The molecule has 0 amide bonds. The molecule has 1 rings (SSSR count). The third-order valence-corrected chi connectivity index (χ3v) is 1.73. The number of nitrogens with zero attached hydrogens (tertiary/aromatic N) is 2. The molecule has 0 saturated heterocycles. The highest BCUT2D eigenvalue weighted by atomic mass is 35.5. The van der Waals surface area contributed by atoms with E-state index in [-0.39, 0.29) is 18.0 Å². The minimum atomic E-state index is -0.700. The standard InChI is InChI=1S/C7H9ClN2O2/c8-3-6(11)4-10-5-9-2-1-7(10)12/h1-2,5-6,11H,3-4H2. The van der Waals surface area contributed by atoms with Gasteiger partial charge >= 0.3 is 0 Å². The summed E-state index contributed by atoms with van der Waals surface area (Å²) in [7, 11) is 0. The van der Waals surface area contributed by atoms with Crippen molar-refractivity contribution in [2.45, 2.75) is 12.6 Å². The van der Waals surface area contributed by atoms with Crippen LogP contribution >= 0.6 is 11.6 Å². The minimum Gasteiger partial charge on any atom is -0.390 e. The number of hydrogen-bond donors (Lipinski definition) is 1. The Morgan fingerprint density at radius 1 is 1.75 bits per heavy atom. The van der Waals surface area contributed by atoms with Crippen molar-refractivity contribution in [3.63, 3.8) is 0 Å². The monoisotopic (exact) mass is 188 g/mol. The molecule has 0 spiro atoms. The van der Waals surface area contributed by atoms with Gasteiger partial charge in [0.25, 0.3) is 5.56 Å². The lowest BCUT2D eigenvalue weighted by Crippen LogP contribution is -2.26. The number of rotatable bonds is 3. The van der Waals surface area contributed by atoms with Gasteiger partial charge in [-0.25, -0.2) is 4.98 Å². The average Bonchev–Trinajstić information content (AvgIpc) is 2.09. The van der Waals surface area contributed by atoms with Crippen LogP contribution in [0, 0.1) is 0 Å². The molecule has 1 atom stereocenters.